The SMILES string of the molecule is CCC(=O)N1CC[N+](=C2C=CC(=C/C=C3\C=C(c4cccc(Br)c4)C=C(c4cccc(Br)c4)O3)C=C2)CC1. The van der Waals surface area contributed by atoms with Crippen LogP contribution >= 0.6 is 31.9 Å². The fourth-order valence-corrected chi connectivity index (χ4v) is 5.43. The molecule has 1 amide bonds. The van der Waals surface area contributed by atoms with Crippen molar-refractivity contribution in [2.45, 2.75) is 13.3 Å². The van der Waals surface area contributed by atoms with Crippen LogP contribution < -0.4 is 0 Å². The van der Waals surface area contributed by atoms with Crippen LogP contribution in [-0.4, -0.2) is 47.3 Å². The highest BCUT2D eigenvalue weighted by molar-refractivity contribution is 9.10. The zero-order chi connectivity index (χ0) is 26.5. The summed E-state index contributed by atoms with van der Waals surface area (Å²) >= 11 is 7.17. The van der Waals surface area contributed by atoms with Crippen LogP contribution in [-0.2, 0) is 9.53 Å². The van der Waals surface area contributed by atoms with Crippen molar-refractivity contribution in [3.05, 3.63) is 129 Å². The van der Waals surface area contributed by atoms with E-state index in [4.69, 9.17) is 4.74 Å². The van der Waals surface area contributed by atoms with Gasteiger partial charge in [-0.1, -0.05) is 69.1 Å². The minimum absolute atomic E-state index is 0.238. The number of benzene rings is 2. The summed E-state index contributed by atoms with van der Waals surface area (Å²) in [4.78, 5) is 13.9. The zero-order valence-corrected chi connectivity index (χ0v) is 24.4. The van der Waals surface area contributed by atoms with Crippen molar-refractivity contribution in [2.75, 3.05) is 26.2 Å². The Hall–Kier alpha value is -3.22. The lowest BCUT2D eigenvalue weighted by Gasteiger charge is -2.25. The van der Waals surface area contributed by atoms with Gasteiger partial charge in [-0.05, 0) is 71.4 Å². The van der Waals surface area contributed by atoms with Gasteiger partial charge in [0.05, 0.1) is 13.1 Å². The number of piperazine rings is 1. The van der Waals surface area contributed by atoms with Crippen LogP contribution in [0.3, 0.4) is 0 Å². The summed E-state index contributed by atoms with van der Waals surface area (Å²) in [6.45, 7) is 5.21. The molecular formula is C32H29Br2N2O2+. The average molecular weight is 633 g/mol. The molecule has 4 nitrogen and oxygen atoms in total. The summed E-state index contributed by atoms with van der Waals surface area (Å²) in [5.41, 5.74) is 5.50. The molecule has 0 N–H and O–H groups in total. The van der Waals surface area contributed by atoms with Crippen molar-refractivity contribution >= 4 is 54.8 Å². The molecule has 6 heteroatoms. The minimum atomic E-state index is 0.238. The fourth-order valence-electron chi connectivity index (χ4n) is 4.64. The van der Waals surface area contributed by atoms with Gasteiger partial charge in [-0.3, -0.25) is 4.79 Å². The first-order valence-electron chi connectivity index (χ1n) is 12.8. The monoisotopic (exact) mass is 631 g/mol. The Balaban J connectivity index is 1.37. The molecule has 0 radical (unpaired) electrons. The number of allylic oxidation sites excluding steroid dienone is 10. The van der Waals surface area contributed by atoms with Crippen LogP contribution in [0.4, 0.5) is 0 Å². The third kappa shape index (κ3) is 6.43. The van der Waals surface area contributed by atoms with Crippen molar-refractivity contribution in [1.82, 2.24) is 4.90 Å². The van der Waals surface area contributed by atoms with Gasteiger partial charge in [0.2, 0.25) is 5.91 Å². The van der Waals surface area contributed by atoms with Gasteiger partial charge in [0, 0.05) is 33.1 Å². The maximum absolute atomic E-state index is 12.0. The van der Waals surface area contributed by atoms with Gasteiger partial charge in [0.25, 0.3) is 0 Å². The first kappa shape index (κ1) is 26.4. The Bertz CT molecular complexity index is 1450. The summed E-state index contributed by atoms with van der Waals surface area (Å²) < 4.78 is 10.7. The van der Waals surface area contributed by atoms with Crippen LogP contribution in [0.2, 0.25) is 0 Å². The Morgan fingerprint density at radius 1 is 0.921 bits per heavy atom. The third-order valence-corrected chi connectivity index (χ3v) is 7.70. The molecule has 0 spiro atoms. The molecule has 38 heavy (non-hydrogen) atoms. The number of ether oxygens (including phenoxy) is 1. The highest BCUT2D eigenvalue weighted by Gasteiger charge is 2.23. The number of amides is 1. The third-order valence-electron chi connectivity index (χ3n) is 6.71. The van der Waals surface area contributed by atoms with Gasteiger partial charge in [0.1, 0.15) is 11.5 Å². The number of carbonyl (C=O) groups is 1. The molecule has 3 aliphatic rings. The first-order chi connectivity index (χ1) is 18.5. The minimum Gasteiger partial charge on any atom is -0.457 e. The molecule has 0 aromatic heterocycles. The Morgan fingerprint density at radius 3 is 2.24 bits per heavy atom. The van der Waals surface area contributed by atoms with E-state index in [1.54, 1.807) is 0 Å². The lowest BCUT2D eigenvalue weighted by atomic mass is 10.0. The van der Waals surface area contributed by atoms with E-state index in [9.17, 15) is 4.79 Å². The van der Waals surface area contributed by atoms with Gasteiger partial charge < -0.3 is 9.64 Å². The Kier molecular flexibility index (Phi) is 8.40. The van der Waals surface area contributed by atoms with E-state index in [1.165, 1.54) is 5.71 Å². The molecule has 5 rings (SSSR count). The maximum atomic E-state index is 12.0. The summed E-state index contributed by atoms with van der Waals surface area (Å²) in [6, 6.07) is 16.4. The van der Waals surface area contributed by atoms with E-state index in [1.807, 2.05) is 42.2 Å². The van der Waals surface area contributed by atoms with Crippen LogP contribution in [0.15, 0.2) is 117 Å². The number of hydrogen-bond donors (Lipinski definition) is 0. The molecule has 0 unspecified atom stereocenters. The normalized spacial score (nSPS) is 18.3. The number of carbonyl (C=O) groups excluding carboxylic acids is 1. The van der Waals surface area contributed by atoms with Crippen LogP contribution in [0.25, 0.3) is 11.3 Å². The van der Waals surface area contributed by atoms with Gasteiger partial charge in [-0.15, -0.1) is 0 Å². The van der Waals surface area contributed by atoms with Crippen molar-refractivity contribution < 1.29 is 14.1 Å². The molecule has 0 bridgehead atoms. The van der Waals surface area contributed by atoms with Crippen molar-refractivity contribution in [3.8, 4) is 0 Å². The predicted molar refractivity (Wildman–Crippen MR) is 162 cm³/mol. The van der Waals surface area contributed by atoms with Gasteiger partial charge in [-0.25, -0.2) is 4.58 Å². The van der Waals surface area contributed by atoms with Crippen LogP contribution in [0.5, 0.6) is 0 Å². The molecule has 1 aliphatic carbocycles. The Labute approximate surface area is 241 Å². The Morgan fingerprint density at radius 2 is 1.58 bits per heavy atom. The van der Waals surface area contributed by atoms with E-state index in [0.717, 1.165) is 68.9 Å². The second-order valence-electron chi connectivity index (χ2n) is 9.28. The molecule has 2 aromatic carbocycles. The summed E-state index contributed by atoms with van der Waals surface area (Å²) in [6.07, 6.45) is 17.4. The number of nitrogens with zero attached hydrogens (tertiary/aromatic N) is 2. The van der Waals surface area contributed by atoms with Gasteiger partial charge in [0.15, 0.2) is 18.8 Å². The largest absolute Gasteiger partial charge is 0.457 e. The van der Waals surface area contributed by atoms with E-state index in [0.29, 0.717) is 6.42 Å². The molecule has 1 fully saturated rings. The van der Waals surface area contributed by atoms with Crippen LogP contribution in [0, 0.1) is 0 Å². The van der Waals surface area contributed by atoms with Gasteiger partial charge >= 0.3 is 0 Å². The lowest BCUT2D eigenvalue weighted by Crippen LogP contribution is -2.46. The van der Waals surface area contributed by atoms with E-state index in [2.05, 4.69) is 103 Å². The van der Waals surface area contributed by atoms with Crippen molar-refractivity contribution in [3.63, 3.8) is 0 Å². The quantitative estimate of drug-likeness (QED) is 0.331. The second-order valence-corrected chi connectivity index (χ2v) is 11.1. The smallest absolute Gasteiger partial charge is 0.222 e. The molecule has 0 saturated carbocycles. The van der Waals surface area contributed by atoms with Gasteiger partial charge in [-0.2, -0.15) is 0 Å². The summed E-state index contributed by atoms with van der Waals surface area (Å²) in [5.74, 6) is 1.82. The molecule has 2 aliphatic heterocycles. The maximum Gasteiger partial charge on any atom is 0.222 e. The van der Waals surface area contributed by atoms with E-state index in [-0.39, 0.29) is 5.91 Å². The number of hydrogen-bond acceptors (Lipinski definition) is 2. The summed E-state index contributed by atoms with van der Waals surface area (Å²) in [5, 5.41) is 0. The molecule has 1 saturated heterocycles. The highest BCUT2D eigenvalue weighted by atomic mass is 79.9. The molecule has 192 valence electrons. The van der Waals surface area contributed by atoms with Crippen molar-refractivity contribution in [2.24, 2.45) is 0 Å². The fraction of sp³-hybridized carbons (Fsp3) is 0.188. The standard InChI is InChI=1S/C32H29Br2N2O2/c1-2-32(37)36-17-15-35(16-18-36)29-12-9-23(10-13-29)11-14-30-21-26(24-5-3-7-27(33)19-24)22-31(38-30)25-6-4-8-28(34)20-25/h3-14,19-22H,2,15-18H2,1H3/q+1/b30-14+. The van der Waals surface area contributed by atoms with E-state index >= 15 is 0 Å². The van der Waals surface area contributed by atoms with Crippen LogP contribution in [0.1, 0.15) is 24.5 Å². The topological polar surface area (TPSA) is 32.5 Å². The zero-order valence-electron chi connectivity index (χ0n) is 21.2. The predicted octanol–water partition coefficient (Wildman–Crippen LogP) is 7.31. The molecule has 2 aromatic rings. The molecule has 2 heterocycles. The second kappa shape index (κ2) is 12.1. The molecule has 0 atom stereocenters. The average Bonchev–Trinajstić information content (AvgIpc) is 2.96. The number of rotatable bonds is 4. The lowest BCUT2D eigenvalue weighted by molar-refractivity contribution is -0.536. The van der Waals surface area contributed by atoms with E-state index < -0.39 is 0 Å². The van der Waals surface area contributed by atoms with Crippen molar-refractivity contribution in [1.29, 1.82) is 0 Å². The number of halogens is 2. The first-order valence-corrected chi connectivity index (χ1v) is 14.4. The highest BCUT2D eigenvalue weighted by Crippen LogP contribution is 2.33. The summed E-state index contributed by atoms with van der Waals surface area (Å²) in [7, 11) is 0. The molecular weight excluding hydrogens is 604 g/mol.